The second-order valence-corrected chi connectivity index (χ2v) is 6.13. The molecule has 100 valence electrons. The van der Waals surface area contributed by atoms with E-state index < -0.39 is 0 Å². The summed E-state index contributed by atoms with van der Waals surface area (Å²) in [6, 6.07) is 10.4. The first-order valence-electron chi connectivity index (χ1n) is 6.72. The molecule has 1 N–H and O–H groups in total. The van der Waals surface area contributed by atoms with Gasteiger partial charge >= 0.3 is 0 Å². The lowest BCUT2D eigenvalue weighted by Crippen LogP contribution is -2.41. The molecule has 1 rings (SSSR count). The van der Waals surface area contributed by atoms with Crippen molar-refractivity contribution < 1.29 is 4.79 Å². The molecular weight excluding hydrogens is 222 g/mol. The van der Waals surface area contributed by atoms with Crippen LogP contribution in [0.2, 0.25) is 0 Å². The van der Waals surface area contributed by atoms with Crippen LogP contribution in [0.15, 0.2) is 30.3 Å². The lowest BCUT2D eigenvalue weighted by Gasteiger charge is -2.21. The van der Waals surface area contributed by atoms with Crippen LogP contribution >= 0.6 is 0 Å². The summed E-state index contributed by atoms with van der Waals surface area (Å²) in [7, 11) is 0. The molecule has 1 amide bonds. The molecule has 1 aromatic carbocycles. The van der Waals surface area contributed by atoms with E-state index in [-0.39, 0.29) is 11.4 Å². The predicted octanol–water partition coefficient (Wildman–Crippen LogP) is 3.56. The fourth-order valence-corrected chi connectivity index (χ4v) is 1.95. The Kier molecular flexibility index (Phi) is 5.39. The Labute approximate surface area is 111 Å². The Morgan fingerprint density at radius 1 is 1.22 bits per heavy atom. The average molecular weight is 247 g/mol. The lowest BCUT2D eigenvalue weighted by atomic mass is 9.97. The third-order valence-corrected chi connectivity index (χ3v) is 2.82. The van der Waals surface area contributed by atoms with Crippen molar-refractivity contribution in [1.82, 2.24) is 5.32 Å². The summed E-state index contributed by atoms with van der Waals surface area (Å²) in [5, 5.41) is 3.01. The first kappa shape index (κ1) is 14.7. The van der Waals surface area contributed by atoms with E-state index in [1.807, 2.05) is 26.8 Å². The minimum Gasteiger partial charge on any atom is -0.352 e. The fraction of sp³-hybridized carbons (Fsp3) is 0.562. The first-order valence-corrected chi connectivity index (χ1v) is 6.72. The first-order chi connectivity index (χ1) is 8.37. The molecule has 0 saturated heterocycles. The van der Waals surface area contributed by atoms with Gasteiger partial charge in [0.2, 0.25) is 5.91 Å². The maximum atomic E-state index is 11.8. The van der Waals surface area contributed by atoms with Crippen LogP contribution in [0.4, 0.5) is 0 Å². The summed E-state index contributed by atoms with van der Waals surface area (Å²) >= 11 is 0. The van der Waals surface area contributed by atoms with Gasteiger partial charge in [0.15, 0.2) is 0 Å². The van der Waals surface area contributed by atoms with Crippen molar-refractivity contribution in [3.8, 4) is 0 Å². The molecule has 0 aliphatic rings. The molecule has 0 aliphatic carbocycles. The average Bonchev–Trinajstić information content (AvgIpc) is 2.25. The molecule has 2 heteroatoms. The molecule has 0 saturated carbocycles. The molecule has 0 heterocycles. The van der Waals surface area contributed by atoms with Gasteiger partial charge in [-0.1, -0.05) is 37.3 Å². The Morgan fingerprint density at radius 3 is 2.39 bits per heavy atom. The van der Waals surface area contributed by atoms with Crippen LogP contribution in [-0.4, -0.2) is 11.4 Å². The summed E-state index contributed by atoms with van der Waals surface area (Å²) in [4.78, 5) is 11.8. The van der Waals surface area contributed by atoms with Crippen LogP contribution in [-0.2, 0) is 11.2 Å². The number of nitrogens with one attached hydrogen (secondary N) is 1. The molecule has 0 fully saturated rings. The molecule has 18 heavy (non-hydrogen) atoms. The third kappa shape index (κ3) is 6.43. The van der Waals surface area contributed by atoms with E-state index >= 15 is 0 Å². The Morgan fingerprint density at radius 2 is 1.83 bits per heavy atom. The molecule has 1 aromatic rings. The van der Waals surface area contributed by atoms with Gasteiger partial charge in [0, 0.05) is 12.0 Å². The Hall–Kier alpha value is -1.31. The summed E-state index contributed by atoms with van der Waals surface area (Å²) in [5.41, 5.74) is 1.22. The van der Waals surface area contributed by atoms with Gasteiger partial charge in [0.25, 0.3) is 0 Å². The van der Waals surface area contributed by atoms with Gasteiger partial charge in [-0.15, -0.1) is 0 Å². The number of benzene rings is 1. The molecule has 0 aliphatic heterocycles. The van der Waals surface area contributed by atoms with E-state index in [4.69, 9.17) is 0 Å². The molecule has 2 nitrogen and oxygen atoms in total. The molecular formula is C16H25NO. The van der Waals surface area contributed by atoms with Crippen molar-refractivity contribution in [3.05, 3.63) is 35.9 Å². The largest absolute Gasteiger partial charge is 0.352 e. The lowest BCUT2D eigenvalue weighted by molar-refractivity contribution is -0.123. The van der Waals surface area contributed by atoms with Crippen LogP contribution in [0.1, 0.15) is 46.1 Å². The normalized spacial score (nSPS) is 13.1. The highest BCUT2D eigenvalue weighted by Gasteiger charge is 2.15. The number of hydrogen-bond acceptors (Lipinski definition) is 1. The van der Waals surface area contributed by atoms with E-state index in [0.717, 1.165) is 12.8 Å². The third-order valence-electron chi connectivity index (χ3n) is 2.82. The number of carbonyl (C=O) groups excluding carboxylic acids is 1. The van der Waals surface area contributed by atoms with Crippen LogP contribution in [0, 0.1) is 5.92 Å². The zero-order valence-corrected chi connectivity index (χ0v) is 12.0. The molecule has 0 aromatic heterocycles. The summed E-state index contributed by atoms with van der Waals surface area (Å²) < 4.78 is 0. The summed E-state index contributed by atoms with van der Waals surface area (Å²) in [6.45, 7) is 8.18. The van der Waals surface area contributed by atoms with Gasteiger partial charge in [-0.3, -0.25) is 4.79 Å². The number of aryl methyl sites for hydroxylation is 1. The predicted molar refractivity (Wildman–Crippen MR) is 76.4 cm³/mol. The topological polar surface area (TPSA) is 29.1 Å². The van der Waals surface area contributed by atoms with E-state index in [0.29, 0.717) is 12.3 Å². The maximum Gasteiger partial charge on any atom is 0.220 e. The van der Waals surface area contributed by atoms with Crippen molar-refractivity contribution in [2.75, 3.05) is 0 Å². The zero-order chi connectivity index (χ0) is 13.6. The SMILES string of the molecule is C[C@H](CCc1ccccc1)CC(=O)NC(C)(C)C. The molecule has 0 unspecified atom stereocenters. The number of rotatable bonds is 5. The van der Waals surface area contributed by atoms with Gasteiger partial charge in [0.1, 0.15) is 0 Å². The highest BCUT2D eigenvalue weighted by atomic mass is 16.1. The Balaban J connectivity index is 2.29. The smallest absolute Gasteiger partial charge is 0.220 e. The second kappa shape index (κ2) is 6.58. The Bertz CT molecular complexity index is 364. The van der Waals surface area contributed by atoms with E-state index in [2.05, 4.69) is 36.5 Å². The summed E-state index contributed by atoms with van der Waals surface area (Å²) in [6.07, 6.45) is 2.72. The highest BCUT2D eigenvalue weighted by molar-refractivity contribution is 5.76. The minimum absolute atomic E-state index is 0.129. The fourth-order valence-electron chi connectivity index (χ4n) is 1.95. The van der Waals surface area contributed by atoms with Crippen molar-refractivity contribution in [1.29, 1.82) is 0 Å². The van der Waals surface area contributed by atoms with Gasteiger partial charge in [-0.05, 0) is 45.1 Å². The minimum atomic E-state index is -0.129. The maximum absolute atomic E-state index is 11.8. The van der Waals surface area contributed by atoms with Gasteiger partial charge in [-0.25, -0.2) is 0 Å². The monoisotopic (exact) mass is 247 g/mol. The van der Waals surface area contributed by atoms with Crippen LogP contribution < -0.4 is 5.32 Å². The van der Waals surface area contributed by atoms with E-state index in [1.165, 1.54) is 5.56 Å². The van der Waals surface area contributed by atoms with Gasteiger partial charge in [-0.2, -0.15) is 0 Å². The van der Waals surface area contributed by atoms with E-state index in [1.54, 1.807) is 0 Å². The standard InChI is InChI=1S/C16H25NO/c1-13(12-15(18)17-16(2,3)4)10-11-14-8-6-5-7-9-14/h5-9,13H,10-12H2,1-4H3,(H,17,18)/t13-/m1/s1. The molecule has 0 spiro atoms. The van der Waals surface area contributed by atoms with Crippen molar-refractivity contribution in [3.63, 3.8) is 0 Å². The molecule has 0 bridgehead atoms. The van der Waals surface area contributed by atoms with Crippen molar-refractivity contribution >= 4 is 5.91 Å². The van der Waals surface area contributed by atoms with Crippen molar-refractivity contribution in [2.24, 2.45) is 5.92 Å². The van der Waals surface area contributed by atoms with Crippen molar-refractivity contribution in [2.45, 2.75) is 52.5 Å². The van der Waals surface area contributed by atoms with Crippen LogP contribution in [0.3, 0.4) is 0 Å². The van der Waals surface area contributed by atoms with Crippen LogP contribution in [0.5, 0.6) is 0 Å². The van der Waals surface area contributed by atoms with Gasteiger partial charge in [0.05, 0.1) is 0 Å². The second-order valence-electron chi connectivity index (χ2n) is 6.13. The van der Waals surface area contributed by atoms with Crippen LogP contribution in [0.25, 0.3) is 0 Å². The highest BCUT2D eigenvalue weighted by Crippen LogP contribution is 2.13. The zero-order valence-electron chi connectivity index (χ0n) is 12.0. The molecule has 1 atom stereocenters. The summed E-state index contributed by atoms with van der Waals surface area (Å²) in [5.74, 6) is 0.579. The quantitative estimate of drug-likeness (QED) is 0.847. The number of amides is 1. The number of hydrogen-bond donors (Lipinski definition) is 1. The van der Waals surface area contributed by atoms with Gasteiger partial charge < -0.3 is 5.32 Å². The molecule has 0 radical (unpaired) electrons. The number of carbonyl (C=O) groups is 1. The van der Waals surface area contributed by atoms with E-state index in [9.17, 15) is 4.79 Å².